The zero-order valence-electron chi connectivity index (χ0n) is 15.9. The third-order valence-corrected chi connectivity index (χ3v) is 4.55. The summed E-state index contributed by atoms with van der Waals surface area (Å²) in [6, 6.07) is 15.0. The average molecular weight is 401 g/mol. The standard InChI is InChI=1S/C21H21ClN2O4/c1-14-9-10-18(19(11-14)26-3)27-13-20(25)28-12-17-15(2)23-24(21(17)22)16-7-5-4-6-8-16/h4-11H,12-13H2,1-3H3. The minimum absolute atomic E-state index is 0.0186. The Hall–Kier alpha value is -2.99. The molecule has 0 unspecified atom stereocenters. The van der Waals surface area contributed by atoms with Crippen LogP contribution in [0.5, 0.6) is 11.5 Å². The van der Waals surface area contributed by atoms with Gasteiger partial charge in [-0.15, -0.1) is 0 Å². The number of hydrogen-bond donors (Lipinski definition) is 0. The molecular formula is C21H21ClN2O4. The largest absolute Gasteiger partial charge is 0.493 e. The predicted molar refractivity (Wildman–Crippen MR) is 106 cm³/mol. The molecule has 0 radical (unpaired) electrons. The van der Waals surface area contributed by atoms with E-state index in [1.54, 1.807) is 17.9 Å². The second-order valence-electron chi connectivity index (χ2n) is 6.21. The minimum atomic E-state index is -0.509. The Labute approximate surface area is 168 Å². The number of carbonyl (C=O) groups is 1. The highest BCUT2D eigenvalue weighted by atomic mass is 35.5. The first-order chi connectivity index (χ1) is 13.5. The van der Waals surface area contributed by atoms with E-state index < -0.39 is 5.97 Å². The van der Waals surface area contributed by atoms with E-state index in [0.717, 1.165) is 11.3 Å². The van der Waals surface area contributed by atoms with Gasteiger partial charge >= 0.3 is 5.97 Å². The van der Waals surface area contributed by atoms with E-state index in [2.05, 4.69) is 5.10 Å². The maximum absolute atomic E-state index is 12.1. The molecule has 0 bridgehead atoms. The monoisotopic (exact) mass is 400 g/mol. The highest BCUT2D eigenvalue weighted by Gasteiger charge is 2.17. The summed E-state index contributed by atoms with van der Waals surface area (Å²) >= 11 is 6.44. The van der Waals surface area contributed by atoms with Gasteiger partial charge in [-0.1, -0.05) is 35.9 Å². The van der Waals surface area contributed by atoms with Crippen LogP contribution in [0.3, 0.4) is 0 Å². The fraction of sp³-hybridized carbons (Fsp3) is 0.238. The summed E-state index contributed by atoms with van der Waals surface area (Å²) in [5.74, 6) is 0.539. The van der Waals surface area contributed by atoms with Crippen LogP contribution in [0.15, 0.2) is 48.5 Å². The maximum atomic E-state index is 12.1. The Morgan fingerprint density at radius 1 is 1.11 bits per heavy atom. The van der Waals surface area contributed by atoms with E-state index in [-0.39, 0.29) is 13.2 Å². The third-order valence-electron chi connectivity index (χ3n) is 4.16. The molecule has 1 heterocycles. The highest BCUT2D eigenvalue weighted by molar-refractivity contribution is 6.30. The van der Waals surface area contributed by atoms with Gasteiger partial charge in [-0.25, -0.2) is 9.48 Å². The number of aryl methyl sites for hydroxylation is 2. The first kappa shape index (κ1) is 19.8. The van der Waals surface area contributed by atoms with E-state index in [0.29, 0.717) is 27.9 Å². The molecule has 0 saturated heterocycles. The van der Waals surface area contributed by atoms with Crippen molar-refractivity contribution in [1.29, 1.82) is 0 Å². The van der Waals surface area contributed by atoms with E-state index in [9.17, 15) is 4.79 Å². The zero-order valence-corrected chi connectivity index (χ0v) is 16.7. The molecule has 1 aromatic heterocycles. The van der Waals surface area contributed by atoms with Gasteiger partial charge in [0, 0.05) is 5.56 Å². The quantitative estimate of drug-likeness (QED) is 0.554. The summed E-state index contributed by atoms with van der Waals surface area (Å²) in [7, 11) is 1.55. The van der Waals surface area contributed by atoms with Crippen LogP contribution in [0.4, 0.5) is 0 Å². The van der Waals surface area contributed by atoms with E-state index in [1.165, 1.54) is 0 Å². The van der Waals surface area contributed by atoms with Crippen molar-refractivity contribution in [2.75, 3.05) is 13.7 Å². The lowest BCUT2D eigenvalue weighted by Crippen LogP contribution is -2.15. The van der Waals surface area contributed by atoms with E-state index in [1.807, 2.05) is 56.3 Å². The van der Waals surface area contributed by atoms with E-state index >= 15 is 0 Å². The SMILES string of the molecule is COc1cc(C)ccc1OCC(=O)OCc1c(C)nn(-c2ccccc2)c1Cl. The molecule has 3 aromatic rings. The molecule has 0 saturated carbocycles. The Balaban J connectivity index is 1.62. The lowest BCUT2D eigenvalue weighted by atomic mass is 10.2. The number of carbonyl (C=O) groups excluding carboxylic acids is 1. The molecule has 0 spiro atoms. The Kier molecular flexibility index (Phi) is 6.21. The fourth-order valence-electron chi connectivity index (χ4n) is 2.66. The molecule has 0 aliphatic carbocycles. The van der Waals surface area contributed by atoms with Crippen LogP contribution in [0.1, 0.15) is 16.8 Å². The van der Waals surface area contributed by atoms with Gasteiger partial charge in [-0.05, 0) is 43.7 Å². The number of rotatable bonds is 7. The third kappa shape index (κ3) is 4.46. The number of benzene rings is 2. The van der Waals surface area contributed by atoms with Crippen molar-refractivity contribution in [2.24, 2.45) is 0 Å². The van der Waals surface area contributed by atoms with Crippen molar-refractivity contribution < 1.29 is 19.0 Å². The number of nitrogens with zero attached hydrogens (tertiary/aromatic N) is 2. The van der Waals surface area contributed by atoms with Crippen LogP contribution >= 0.6 is 11.6 Å². The molecular weight excluding hydrogens is 380 g/mol. The number of para-hydroxylation sites is 1. The van der Waals surface area contributed by atoms with Crippen LogP contribution in [-0.4, -0.2) is 29.5 Å². The van der Waals surface area contributed by atoms with Crippen molar-refractivity contribution in [3.05, 3.63) is 70.5 Å². The molecule has 0 aliphatic heterocycles. The molecule has 0 N–H and O–H groups in total. The number of halogens is 1. The Morgan fingerprint density at radius 3 is 2.57 bits per heavy atom. The molecule has 2 aromatic carbocycles. The number of esters is 1. The summed E-state index contributed by atoms with van der Waals surface area (Å²) < 4.78 is 17.7. The first-order valence-electron chi connectivity index (χ1n) is 8.72. The van der Waals surface area contributed by atoms with Crippen molar-refractivity contribution in [1.82, 2.24) is 9.78 Å². The molecule has 0 aliphatic rings. The van der Waals surface area contributed by atoms with Gasteiger partial charge in [0.25, 0.3) is 0 Å². The Morgan fingerprint density at radius 2 is 1.86 bits per heavy atom. The van der Waals surface area contributed by atoms with Gasteiger partial charge in [0.15, 0.2) is 18.1 Å². The van der Waals surface area contributed by atoms with Crippen molar-refractivity contribution >= 4 is 17.6 Å². The first-order valence-corrected chi connectivity index (χ1v) is 9.10. The summed E-state index contributed by atoms with van der Waals surface area (Å²) in [5, 5.41) is 4.84. The topological polar surface area (TPSA) is 62.6 Å². The molecule has 0 amide bonds. The predicted octanol–water partition coefficient (Wildman–Crippen LogP) is 4.27. The molecule has 146 valence electrons. The summed E-state index contributed by atoms with van der Waals surface area (Å²) in [6.07, 6.45) is 0. The normalized spacial score (nSPS) is 10.6. The lowest BCUT2D eigenvalue weighted by molar-refractivity contribution is -0.147. The molecule has 28 heavy (non-hydrogen) atoms. The maximum Gasteiger partial charge on any atom is 0.344 e. The zero-order chi connectivity index (χ0) is 20.1. The van der Waals surface area contributed by atoms with Gasteiger partial charge in [-0.2, -0.15) is 5.10 Å². The second kappa shape index (κ2) is 8.80. The Bertz CT molecular complexity index is 970. The summed E-state index contributed by atoms with van der Waals surface area (Å²) in [4.78, 5) is 12.1. The van der Waals surface area contributed by atoms with Crippen LogP contribution in [0.25, 0.3) is 5.69 Å². The molecule has 0 atom stereocenters. The van der Waals surface area contributed by atoms with Crippen molar-refractivity contribution in [3.8, 4) is 17.2 Å². The summed E-state index contributed by atoms with van der Waals surface area (Å²) in [6.45, 7) is 3.55. The number of methoxy groups -OCH3 is 1. The van der Waals surface area contributed by atoms with Crippen LogP contribution in [0.2, 0.25) is 5.15 Å². The van der Waals surface area contributed by atoms with Gasteiger partial charge in [0.2, 0.25) is 0 Å². The van der Waals surface area contributed by atoms with Gasteiger partial charge in [-0.3, -0.25) is 0 Å². The lowest BCUT2D eigenvalue weighted by Gasteiger charge is -2.11. The molecule has 0 fully saturated rings. The minimum Gasteiger partial charge on any atom is -0.493 e. The molecule has 7 heteroatoms. The second-order valence-corrected chi connectivity index (χ2v) is 6.56. The van der Waals surface area contributed by atoms with Gasteiger partial charge in [0.1, 0.15) is 11.8 Å². The fourth-order valence-corrected chi connectivity index (χ4v) is 2.99. The van der Waals surface area contributed by atoms with Crippen LogP contribution < -0.4 is 9.47 Å². The molecule has 3 rings (SSSR count). The van der Waals surface area contributed by atoms with Gasteiger partial charge in [0.05, 0.1) is 18.5 Å². The van der Waals surface area contributed by atoms with Crippen LogP contribution in [0, 0.1) is 13.8 Å². The highest BCUT2D eigenvalue weighted by Crippen LogP contribution is 2.28. The van der Waals surface area contributed by atoms with Crippen LogP contribution in [-0.2, 0) is 16.1 Å². The van der Waals surface area contributed by atoms with Crippen molar-refractivity contribution in [3.63, 3.8) is 0 Å². The molecule has 6 nitrogen and oxygen atoms in total. The van der Waals surface area contributed by atoms with E-state index in [4.69, 9.17) is 25.8 Å². The average Bonchev–Trinajstić information content (AvgIpc) is 2.99. The number of aromatic nitrogens is 2. The number of ether oxygens (including phenoxy) is 3. The smallest absolute Gasteiger partial charge is 0.344 e. The number of hydrogen-bond acceptors (Lipinski definition) is 5. The summed E-state index contributed by atoms with van der Waals surface area (Å²) in [5.41, 5.74) is 3.23. The van der Waals surface area contributed by atoms with Gasteiger partial charge < -0.3 is 14.2 Å². The van der Waals surface area contributed by atoms with Crippen molar-refractivity contribution in [2.45, 2.75) is 20.5 Å².